The number of nitrogens with zero attached hydrogens (tertiary/aromatic N) is 1. The Bertz CT molecular complexity index is 1390. The number of carboxylic acid groups (broad SMARTS) is 1. The predicted octanol–water partition coefficient (Wildman–Crippen LogP) is 3.07. The van der Waals surface area contributed by atoms with Crippen molar-refractivity contribution in [2.45, 2.75) is 32.1 Å². The molecule has 192 valence electrons. The van der Waals surface area contributed by atoms with Crippen LogP contribution < -0.4 is 4.74 Å². The highest BCUT2D eigenvalue weighted by Gasteiger charge is 2.56. The van der Waals surface area contributed by atoms with Crippen LogP contribution in [0, 0.1) is 17.8 Å². The summed E-state index contributed by atoms with van der Waals surface area (Å²) in [5.41, 5.74) is 1.86. The topological polar surface area (TPSA) is 138 Å². The molecule has 0 bridgehead atoms. The van der Waals surface area contributed by atoms with Crippen LogP contribution >= 0.6 is 15.9 Å². The molecule has 1 saturated heterocycles. The van der Waals surface area contributed by atoms with Crippen molar-refractivity contribution in [3.05, 3.63) is 56.6 Å². The van der Waals surface area contributed by atoms with Crippen LogP contribution in [0.4, 0.5) is 0 Å². The Morgan fingerprint density at radius 3 is 2.57 bits per heavy atom. The van der Waals surface area contributed by atoms with Crippen molar-refractivity contribution in [3.63, 3.8) is 0 Å². The average molecular weight is 570 g/mol. The maximum Gasteiger partial charge on any atom is 0.305 e. The molecule has 5 rings (SSSR count). The average Bonchev–Trinajstić information content (AvgIpc) is 3.10. The number of rotatable bonds is 5. The van der Waals surface area contributed by atoms with Gasteiger partial charge in [0.1, 0.15) is 0 Å². The van der Waals surface area contributed by atoms with Crippen molar-refractivity contribution in [2.24, 2.45) is 17.8 Å². The fourth-order valence-corrected chi connectivity index (χ4v) is 6.63. The summed E-state index contributed by atoms with van der Waals surface area (Å²) >= 11 is 3.43. The number of aromatic hydroxyl groups is 1. The van der Waals surface area contributed by atoms with Crippen molar-refractivity contribution < 1.29 is 38.9 Å². The first-order valence-corrected chi connectivity index (χ1v) is 12.7. The van der Waals surface area contributed by atoms with Crippen LogP contribution in [0.1, 0.15) is 37.7 Å². The lowest BCUT2D eigenvalue weighted by Gasteiger charge is -2.42. The van der Waals surface area contributed by atoms with Crippen LogP contribution in [-0.2, 0) is 24.0 Å². The second-order valence-electron chi connectivity index (χ2n) is 9.75. The van der Waals surface area contributed by atoms with Crippen molar-refractivity contribution in [1.29, 1.82) is 0 Å². The number of imide groups is 1. The molecule has 0 saturated carbocycles. The van der Waals surface area contributed by atoms with Crippen molar-refractivity contribution in [3.8, 4) is 11.5 Å². The van der Waals surface area contributed by atoms with Gasteiger partial charge in [-0.05, 0) is 43.9 Å². The van der Waals surface area contributed by atoms with Gasteiger partial charge >= 0.3 is 5.97 Å². The number of carbonyl (C=O) groups excluding carboxylic acids is 4. The van der Waals surface area contributed by atoms with Crippen molar-refractivity contribution in [2.75, 3.05) is 13.7 Å². The maximum absolute atomic E-state index is 13.5. The minimum absolute atomic E-state index is 0.102. The molecular weight excluding hydrogens is 546 g/mol. The molecule has 37 heavy (non-hydrogen) atoms. The minimum Gasteiger partial charge on any atom is -0.504 e. The Hall–Kier alpha value is -3.53. The number of carboxylic acids is 1. The van der Waals surface area contributed by atoms with Gasteiger partial charge in [0.25, 0.3) is 0 Å². The third-order valence-corrected chi connectivity index (χ3v) is 8.26. The number of amides is 2. The number of methoxy groups -OCH3 is 1. The lowest BCUT2D eigenvalue weighted by atomic mass is 9.59. The zero-order valence-electron chi connectivity index (χ0n) is 20.1. The van der Waals surface area contributed by atoms with E-state index >= 15 is 0 Å². The number of hydrogen-bond donors (Lipinski definition) is 2. The molecule has 9 nitrogen and oxygen atoms in total. The number of phenols is 1. The molecule has 4 aliphatic rings. The van der Waals surface area contributed by atoms with E-state index in [1.165, 1.54) is 13.2 Å². The van der Waals surface area contributed by atoms with E-state index in [4.69, 9.17) is 9.84 Å². The highest BCUT2D eigenvalue weighted by molar-refractivity contribution is 9.10. The van der Waals surface area contributed by atoms with Gasteiger partial charge in [0.15, 0.2) is 23.1 Å². The number of ketones is 2. The second kappa shape index (κ2) is 9.09. The summed E-state index contributed by atoms with van der Waals surface area (Å²) in [6.07, 6.45) is 3.10. The normalized spacial score (nSPS) is 26.9. The third-order valence-electron chi connectivity index (χ3n) is 7.81. The van der Waals surface area contributed by atoms with Crippen LogP contribution in [0.2, 0.25) is 0 Å². The quantitative estimate of drug-likeness (QED) is 0.313. The van der Waals surface area contributed by atoms with E-state index in [1.807, 2.05) is 6.08 Å². The number of phenolic OH excluding ortho intramolecular Hbond substituents is 1. The van der Waals surface area contributed by atoms with E-state index in [2.05, 4.69) is 15.9 Å². The van der Waals surface area contributed by atoms with E-state index in [9.17, 15) is 29.1 Å². The fourth-order valence-electron chi connectivity index (χ4n) is 6.18. The van der Waals surface area contributed by atoms with Crippen LogP contribution in [-0.4, -0.2) is 58.1 Å². The number of benzene rings is 1. The monoisotopic (exact) mass is 569 g/mol. The molecule has 1 heterocycles. The third kappa shape index (κ3) is 3.85. The summed E-state index contributed by atoms with van der Waals surface area (Å²) in [5, 5.41) is 20.2. The molecule has 4 atom stereocenters. The fraction of sp³-hybridized carbons (Fsp3) is 0.370. The Kier molecular flexibility index (Phi) is 6.18. The molecule has 1 aliphatic heterocycles. The number of hydrogen-bond acceptors (Lipinski definition) is 7. The summed E-state index contributed by atoms with van der Waals surface area (Å²) in [7, 11) is 1.40. The SMILES string of the molecule is COc1cc(Br)cc(C2C3=CCC4C(=O)N(CCC(=O)O)C(=O)C4C3CC3=C2C(=O)C(C)=CC3=O)c1O. The number of carbonyl (C=O) groups is 5. The van der Waals surface area contributed by atoms with E-state index in [0.717, 1.165) is 4.90 Å². The highest BCUT2D eigenvalue weighted by Crippen LogP contribution is 2.57. The van der Waals surface area contributed by atoms with E-state index in [0.29, 0.717) is 15.6 Å². The number of likely N-dealkylation sites (tertiary alicyclic amines) is 1. The van der Waals surface area contributed by atoms with Crippen LogP contribution in [0.15, 0.2) is 51.0 Å². The zero-order chi connectivity index (χ0) is 26.8. The molecule has 2 N–H and O–H groups in total. The highest BCUT2D eigenvalue weighted by atomic mass is 79.9. The van der Waals surface area contributed by atoms with Gasteiger partial charge in [-0.15, -0.1) is 0 Å². The number of halogens is 1. The van der Waals surface area contributed by atoms with Crippen molar-refractivity contribution >= 4 is 45.3 Å². The van der Waals surface area contributed by atoms with Gasteiger partial charge in [-0.25, -0.2) is 0 Å². The van der Waals surface area contributed by atoms with Gasteiger partial charge in [0.2, 0.25) is 11.8 Å². The molecule has 2 amide bonds. The molecule has 10 heteroatoms. The Morgan fingerprint density at radius 1 is 1.16 bits per heavy atom. The lowest BCUT2D eigenvalue weighted by Crippen LogP contribution is -2.40. The summed E-state index contributed by atoms with van der Waals surface area (Å²) in [6.45, 7) is 1.35. The summed E-state index contributed by atoms with van der Waals surface area (Å²) in [6, 6.07) is 3.24. The van der Waals surface area contributed by atoms with Crippen LogP contribution in [0.5, 0.6) is 11.5 Å². The van der Waals surface area contributed by atoms with Crippen LogP contribution in [0.3, 0.4) is 0 Å². The van der Waals surface area contributed by atoms with Gasteiger partial charge < -0.3 is 14.9 Å². The number of allylic oxidation sites excluding steroid dienone is 6. The molecule has 4 unspecified atom stereocenters. The molecule has 1 aromatic rings. The summed E-state index contributed by atoms with van der Waals surface area (Å²) in [5.74, 6) is -5.50. The first-order chi connectivity index (χ1) is 17.5. The number of aliphatic carboxylic acids is 1. The number of Topliss-reactive ketones (excluding diaryl/α,β-unsaturated/α-hetero) is 1. The molecule has 0 radical (unpaired) electrons. The second-order valence-corrected chi connectivity index (χ2v) is 10.7. The van der Waals surface area contributed by atoms with Crippen molar-refractivity contribution in [1.82, 2.24) is 4.90 Å². The number of ether oxygens (including phenoxy) is 1. The molecule has 1 fully saturated rings. The molecule has 0 aromatic heterocycles. The van der Waals surface area contributed by atoms with Gasteiger partial charge in [0.05, 0.1) is 25.4 Å². The number of fused-ring (bicyclic) bond motifs is 3. The largest absolute Gasteiger partial charge is 0.504 e. The first-order valence-electron chi connectivity index (χ1n) is 11.9. The maximum atomic E-state index is 13.5. The predicted molar refractivity (Wildman–Crippen MR) is 133 cm³/mol. The van der Waals surface area contributed by atoms with Gasteiger partial charge in [0, 0.05) is 39.2 Å². The Balaban J connectivity index is 1.67. The molecular formula is C27H24BrNO8. The van der Waals surface area contributed by atoms with Gasteiger partial charge in [-0.3, -0.25) is 28.9 Å². The van der Waals surface area contributed by atoms with E-state index in [1.54, 1.807) is 19.1 Å². The smallest absolute Gasteiger partial charge is 0.305 e. The minimum atomic E-state index is -1.12. The first kappa shape index (κ1) is 25.1. The van der Waals surface area contributed by atoms with Crippen LogP contribution in [0.25, 0.3) is 0 Å². The van der Waals surface area contributed by atoms with Gasteiger partial charge in [-0.1, -0.05) is 27.6 Å². The molecule has 0 spiro atoms. The summed E-state index contributed by atoms with van der Waals surface area (Å²) in [4.78, 5) is 65.3. The summed E-state index contributed by atoms with van der Waals surface area (Å²) < 4.78 is 5.91. The lowest BCUT2D eigenvalue weighted by molar-refractivity contribution is -0.142. The molecule has 1 aromatic carbocycles. The Morgan fingerprint density at radius 2 is 1.89 bits per heavy atom. The standard InChI is InChI=1S/C27H24BrNO8/c1-11-7-18(30)16-10-15-13(3-4-14-22(15)27(36)29(26(14)35)6-5-20(31)32)21(23(16)24(11)33)17-8-12(28)9-19(37-2)25(17)34/h3,7-9,14-15,21-22,34H,4-6,10H2,1-2H3,(H,31,32). The van der Waals surface area contributed by atoms with E-state index < -0.39 is 41.5 Å². The zero-order valence-corrected chi connectivity index (χ0v) is 21.7. The van der Waals surface area contributed by atoms with E-state index in [-0.39, 0.29) is 65.6 Å². The Labute approximate surface area is 220 Å². The molecule has 3 aliphatic carbocycles. The van der Waals surface area contributed by atoms with Gasteiger partial charge in [-0.2, -0.15) is 0 Å².